The summed E-state index contributed by atoms with van der Waals surface area (Å²) in [7, 11) is 0. The normalized spacial score (nSPS) is 13.5. The Bertz CT molecular complexity index is 551. The predicted octanol–water partition coefficient (Wildman–Crippen LogP) is 4.45. The van der Waals surface area contributed by atoms with Gasteiger partial charge in [0.25, 0.3) is 5.89 Å². The first-order valence-corrected chi connectivity index (χ1v) is 6.00. The standard InChI is InChI=1S/C12H10ClF3N2O/c1-2-9(13)10-17-11(19-18-10)7-3-5-8(6-4-7)12(14,15)16/h3-6,9H,2H2,1H3. The number of alkyl halides is 4. The lowest BCUT2D eigenvalue weighted by atomic mass is 10.1. The van der Waals surface area contributed by atoms with Crippen LogP contribution in [0, 0.1) is 0 Å². The molecular formula is C12H10ClF3N2O. The first-order valence-electron chi connectivity index (χ1n) is 5.57. The monoisotopic (exact) mass is 290 g/mol. The molecule has 0 bridgehead atoms. The predicted molar refractivity (Wildman–Crippen MR) is 63.6 cm³/mol. The lowest BCUT2D eigenvalue weighted by Crippen LogP contribution is -2.04. The van der Waals surface area contributed by atoms with E-state index in [0.717, 1.165) is 12.1 Å². The minimum atomic E-state index is -4.36. The number of halogens is 4. The smallest absolute Gasteiger partial charge is 0.334 e. The maximum absolute atomic E-state index is 12.4. The minimum absolute atomic E-state index is 0.155. The molecule has 0 aliphatic heterocycles. The molecule has 1 heterocycles. The van der Waals surface area contributed by atoms with Crippen LogP contribution in [0.2, 0.25) is 0 Å². The van der Waals surface area contributed by atoms with E-state index in [2.05, 4.69) is 10.1 Å². The third kappa shape index (κ3) is 3.07. The number of hydrogen-bond acceptors (Lipinski definition) is 3. The molecular weight excluding hydrogens is 281 g/mol. The van der Waals surface area contributed by atoms with Gasteiger partial charge in [0.15, 0.2) is 5.82 Å². The fourth-order valence-corrected chi connectivity index (χ4v) is 1.55. The lowest BCUT2D eigenvalue weighted by molar-refractivity contribution is -0.137. The van der Waals surface area contributed by atoms with Gasteiger partial charge in [-0.15, -0.1) is 11.6 Å². The quantitative estimate of drug-likeness (QED) is 0.784. The van der Waals surface area contributed by atoms with Crippen molar-refractivity contribution in [2.45, 2.75) is 24.9 Å². The maximum Gasteiger partial charge on any atom is 0.416 e. The van der Waals surface area contributed by atoms with Gasteiger partial charge < -0.3 is 4.52 Å². The Labute approximate surface area is 112 Å². The number of rotatable bonds is 3. The van der Waals surface area contributed by atoms with Gasteiger partial charge in [-0.2, -0.15) is 18.2 Å². The maximum atomic E-state index is 12.4. The molecule has 3 nitrogen and oxygen atoms in total. The van der Waals surface area contributed by atoms with Crippen molar-refractivity contribution >= 4 is 11.6 Å². The second-order valence-electron chi connectivity index (χ2n) is 3.91. The van der Waals surface area contributed by atoms with Crippen molar-refractivity contribution < 1.29 is 17.7 Å². The Morgan fingerprint density at radius 2 is 1.89 bits per heavy atom. The average molecular weight is 291 g/mol. The Balaban J connectivity index is 2.25. The molecule has 0 aliphatic rings. The SMILES string of the molecule is CCC(Cl)c1noc(-c2ccc(C(F)(F)F)cc2)n1. The molecule has 1 atom stereocenters. The van der Waals surface area contributed by atoms with E-state index in [1.807, 2.05) is 6.92 Å². The summed E-state index contributed by atoms with van der Waals surface area (Å²) in [5.41, 5.74) is -0.300. The van der Waals surface area contributed by atoms with Gasteiger partial charge in [0.1, 0.15) is 0 Å². The molecule has 0 amide bonds. The molecule has 7 heteroatoms. The Kier molecular flexibility index (Phi) is 3.80. The molecule has 1 aromatic carbocycles. The van der Waals surface area contributed by atoms with Crippen LogP contribution in [-0.2, 0) is 6.18 Å². The van der Waals surface area contributed by atoms with E-state index in [0.29, 0.717) is 17.8 Å². The van der Waals surface area contributed by atoms with E-state index in [1.165, 1.54) is 12.1 Å². The summed E-state index contributed by atoms with van der Waals surface area (Å²) in [4.78, 5) is 4.05. The summed E-state index contributed by atoms with van der Waals surface area (Å²) in [6.07, 6.45) is -3.73. The fourth-order valence-electron chi connectivity index (χ4n) is 1.46. The van der Waals surface area contributed by atoms with E-state index in [1.54, 1.807) is 0 Å². The zero-order valence-corrected chi connectivity index (χ0v) is 10.7. The van der Waals surface area contributed by atoms with Gasteiger partial charge in [-0.1, -0.05) is 12.1 Å². The van der Waals surface area contributed by atoms with Crippen molar-refractivity contribution in [1.82, 2.24) is 10.1 Å². The van der Waals surface area contributed by atoms with Crippen molar-refractivity contribution in [3.8, 4) is 11.5 Å². The molecule has 19 heavy (non-hydrogen) atoms. The molecule has 0 spiro atoms. The molecule has 2 rings (SSSR count). The second kappa shape index (κ2) is 5.21. The molecule has 0 fully saturated rings. The summed E-state index contributed by atoms with van der Waals surface area (Å²) < 4.78 is 42.2. The van der Waals surface area contributed by atoms with E-state index in [4.69, 9.17) is 16.1 Å². The second-order valence-corrected chi connectivity index (χ2v) is 4.44. The first-order chi connectivity index (χ1) is 8.91. The average Bonchev–Trinajstić information content (AvgIpc) is 2.86. The van der Waals surface area contributed by atoms with Crippen LogP contribution >= 0.6 is 11.6 Å². The molecule has 0 radical (unpaired) electrons. The number of aromatic nitrogens is 2. The highest BCUT2D eigenvalue weighted by molar-refractivity contribution is 6.20. The Hall–Kier alpha value is -1.56. The van der Waals surface area contributed by atoms with Gasteiger partial charge in [-0.3, -0.25) is 0 Å². The van der Waals surface area contributed by atoms with Crippen molar-refractivity contribution in [3.05, 3.63) is 35.7 Å². The Morgan fingerprint density at radius 1 is 1.26 bits per heavy atom. The molecule has 0 saturated carbocycles. The van der Waals surface area contributed by atoms with Crippen LogP contribution in [0.15, 0.2) is 28.8 Å². The largest absolute Gasteiger partial charge is 0.416 e. The topological polar surface area (TPSA) is 38.9 Å². The van der Waals surface area contributed by atoms with Gasteiger partial charge in [-0.05, 0) is 30.7 Å². The molecule has 1 unspecified atom stereocenters. The Morgan fingerprint density at radius 3 is 2.42 bits per heavy atom. The molecule has 1 aromatic heterocycles. The fraction of sp³-hybridized carbons (Fsp3) is 0.333. The third-order valence-corrected chi connectivity index (χ3v) is 3.04. The highest BCUT2D eigenvalue weighted by Gasteiger charge is 2.30. The van der Waals surface area contributed by atoms with E-state index >= 15 is 0 Å². The van der Waals surface area contributed by atoms with Crippen molar-refractivity contribution in [3.63, 3.8) is 0 Å². The molecule has 0 aliphatic carbocycles. The van der Waals surface area contributed by atoms with Gasteiger partial charge >= 0.3 is 6.18 Å². The van der Waals surface area contributed by atoms with E-state index < -0.39 is 11.7 Å². The van der Waals surface area contributed by atoms with Crippen LogP contribution in [0.1, 0.15) is 30.1 Å². The van der Waals surface area contributed by atoms with E-state index in [-0.39, 0.29) is 11.3 Å². The highest BCUT2D eigenvalue weighted by atomic mass is 35.5. The third-order valence-electron chi connectivity index (χ3n) is 2.54. The first kappa shape index (κ1) is 13.9. The van der Waals surface area contributed by atoms with Crippen LogP contribution in [0.4, 0.5) is 13.2 Å². The van der Waals surface area contributed by atoms with Crippen molar-refractivity contribution in [1.29, 1.82) is 0 Å². The van der Waals surface area contributed by atoms with Gasteiger partial charge in [0.05, 0.1) is 10.9 Å². The van der Waals surface area contributed by atoms with Crippen LogP contribution in [0.3, 0.4) is 0 Å². The lowest BCUT2D eigenvalue weighted by Gasteiger charge is -2.05. The summed E-state index contributed by atoms with van der Waals surface area (Å²) in [5.74, 6) is 0.488. The van der Waals surface area contributed by atoms with Gasteiger partial charge in [0, 0.05) is 5.56 Å². The van der Waals surface area contributed by atoms with Gasteiger partial charge in [-0.25, -0.2) is 0 Å². The summed E-state index contributed by atoms with van der Waals surface area (Å²) >= 11 is 5.94. The van der Waals surface area contributed by atoms with Crippen LogP contribution in [0.5, 0.6) is 0 Å². The minimum Gasteiger partial charge on any atom is -0.334 e. The molecule has 0 N–H and O–H groups in total. The van der Waals surface area contributed by atoms with Crippen LogP contribution < -0.4 is 0 Å². The number of benzene rings is 1. The van der Waals surface area contributed by atoms with Crippen molar-refractivity contribution in [2.75, 3.05) is 0 Å². The molecule has 0 saturated heterocycles. The number of nitrogens with zero attached hydrogens (tertiary/aromatic N) is 2. The molecule has 102 valence electrons. The van der Waals surface area contributed by atoms with E-state index in [9.17, 15) is 13.2 Å². The van der Waals surface area contributed by atoms with Crippen LogP contribution in [-0.4, -0.2) is 10.1 Å². The zero-order chi connectivity index (χ0) is 14.0. The highest BCUT2D eigenvalue weighted by Crippen LogP contribution is 2.31. The summed E-state index contributed by atoms with van der Waals surface area (Å²) in [6.45, 7) is 1.87. The van der Waals surface area contributed by atoms with Crippen LogP contribution in [0.25, 0.3) is 11.5 Å². The molecule has 2 aromatic rings. The summed E-state index contributed by atoms with van der Waals surface area (Å²) in [5, 5.41) is 3.33. The van der Waals surface area contributed by atoms with Crippen molar-refractivity contribution in [2.24, 2.45) is 0 Å². The van der Waals surface area contributed by atoms with Gasteiger partial charge in [0.2, 0.25) is 0 Å². The zero-order valence-electron chi connectivity index (χ0n) is 9.91. The number of hydrogen-bond donors (Lipinski definition) is 0. The summed E-state index contributed by atoms with van der Waals surface area (Å²) in [6, 6.07) is 4.51.